The fraction of sp³-hybridized carbons (Fsp3) is 0.562. The predicted molar refractivity (Wildman–Crippen MR) is 88.8 cm³/mol. The third-order valence-corrected chi connectivity index (χ3v) is 5.65. The number of thioether (sulfide) groups is 1. The van der Waals surface area contributed by atoms with E-state index in [4.69, 9.17) is 14.5 Å². The van der Waals surface area contributed by atoms with Crippen molar-refractivity contribution in [3.05, 3.63) is 18.2 Å². The molecule has 1 fully saturated rings. The lowest BCUT2D eigenvalue weighted by Crippen LogP contribution is -2.30. The molecule has 5 heteroatoms. The number of ether oxygens (including phenoxy) is 2. The maximum Gasteiger partial charge on any atom is 0.161 e. The Labute approximate surface area is 130 Å². The van der Waals surface area contributed by atoms with Crippen LogP contribution in [0.1, 0.15) is 25.7 Å². The number of nitrogens with one attached hydrogen (secondary N) is 1. The van der Waals surface area contributed by atoms with Crippen molar-refractivity contribution in [1.29, 1.82) is 0 Å². The summed E-state index contributed by atoms with van der Waals surface area (Å²) in [5.74, 6) is 2.79. The first-order valence-corrected chi connectivity index (χ1v) is 8.40. The highest BCUT2D eigenvalue weighted by atomic mass is 32.2. The van der Waals surface area contributed by atoms with Crippen LogP contribution in [0.15, 0.2) is 23.2 Å². The van der Waals surface area contributed by atoms with Crippen molar-refractivity contribution in [3.8, 4) is 11.5 Å². The van der Waals surface area contributed by atoms with Crippen LogP contribution in [0.25, 0.3) is 0 Å². The molecule has 0 amide bonds. The number of rotatable bonds is 3. The summed E-state index contributed by atoms with van der Waals surface area (Å²) < 4.78 is 10.7. The van der Waals surface area contributed by atoms with E-state index in [9.17, 15) is 0 Å². The average Bonchev–Trinajstić information content (AvgIpc) is 2.98. The maximum absolute atomic E-state index is 5.40. The topological polar surface area (TPSA) is 42.9 Å². The summed E-state index contributed by atoms with van der Waals surface area (Å²) in [6, 6.07) is 5.75. The Kier molecular flexibility index (Phi) is 4.29. The van der Waals surface area contributed by atoms with Gasteiger partial charge in [-0.05, 0) is 30.4 Å². The van der Waals surface area contributed by atoms with Gasteiger partial charge in [0.2, 0.25) is 0 Å². The van der Waals surface area contributed by atoms with Crippen molar-refractivity contribution in [3.63, 3.8) is 0 Å². The molecule has 1 spiro atoms. The first kappa shape index (κ1) is 14.6. The Bertz CT molecular complexity index is 539. The second-order valence-electron chi connectivity index (χ2n) is 5.81. The van der Waals surface area contributed by atoms with Crippen molar-refractivity contribution in [2.24, 2.45) is 10.4 Å². The Balaban J connectivity index is 1.73. The number of methoxy groups -OCH3 is 2. The first-order valence-electron chi connectivity index (χ1n) is 7.41. The standard InChI is InChI=1S/C16H22N2O2S/c1-19-12-5-6-14(20-2)13(9-12)18-15-17-10-16(11-21-15)7-3-4-8-16/h5-6,9H,3-4,7-8,10-11H2,1-2H3,(H,17,18). The van der Waals surface area contributed by atoms with E-state index in [2.05, 4.69) is 5.32 Å². The van der Waals surface area contributed by atoms with Crippen molar-refractivity contribution < 1.29 is 9.47 Å². The Hall–Kier alpha value is -1.36. The van der Waals surface area contributed by atoms with Gasteiger partial charge in [0.15, 0.2) is 5.17 Å². The third-order valence-electron chi connectivity index (χ3n) is 4.39. The molecule has 1 aliphatic carbocycles. The van der Waals surface area contributed by atoms with Gasteiger partial charge in [-0.3, -0.25) is 4.99 Å². The lowest BCUT2D eigenvalue weighted by atomic mass is 9.89. The molecule has 0 aromatic heterocycles. The fourth-order valence-corrected chi connectivity index (χ4v) is 4.24. The quantitative estimate of drug-likeness (QED) is 0.923. The zero-order chi connectivity index (χ0) is 14.7. The second kappa shape index (κ2) is 6.18. The smallest absolute Gasteiger partial charge is 0.161 e. The number of benzene rings is 1. The molecule has 1 aromatic carbocycles. The molecular weight excluding hydrogens is 284 g/mol. The number of aliphatic imine (C=N–C) groups is 1. The summed E-state index contributed by atoms with van der Waals surface area (Å²) in [6.45, 7) is 0.953. The van der Waals surface area contributed by atoms with Gasteiger partial charge in [-0.15, -0.1) is 0 Å². The minimum atomic E-state index is 0.467. The number of nitrogens with zero attached hydrogens (tertiary/aromatic N) is 1. The summed E-state index contributed by atoms with van der Waals surface area (Å²) in [6.07, 6.45) is 5.39. The van der Waals surface area contributed by atoms with E-state index in [0.29, 0.717) is 5.41 Å². The van der Waals surface area contributed by atoms with Crippen LogP contribution in [0.5, 0.6) is 11.5 Å². The van der Waals surface area contributed by atoms with Crippen molar-refractivity contribution >= 4 is 22.6 Å². The molecule has 0 bridgehead atoms. The largest absolute Gasteiger partial charge is 0.497 e. The molecule has 0 radical (unpaired) electrons. The molecule has 0 unspecified atom stereocenters. The van der Waals surface area contributed by atoms with E-state index in [1.165, 1.54) is 31.4 Å². The molecule has 4 nitrogen and oxygen atoms in total. The molecule has 1 N–H and O–H groups in total. The number of anilines is 1. The van der Waals surface area contributed by atoms with Crippen LogP contribution in [0.2, 0.25) is 0 Å². The van der Waals surface area contributed by atoms with E-state index in [0.717, 1.165) is 28.9 Å². The molecule has 3 rings (SSSR count). The van der Waals surface area contributed by atoms with Crippen LogP contribution in [0.3, 0.4) is 0 Å². The maximum atomic E-state index is 5.40. The van der Waals surface area contributed by atoms with Gasteiger partial charge < -0.3 is 14.8 Å². The minimum Gasteiger partial charge on any atom is -0.497 e. The lowest BCUT2D eigenvalue weighted by Gasteiger charge is -2.31. The van der Waals surface area contributed by atoms with Crippen LogP contribution in [-0.2, 0) is 0 Å². The summed E-state index contributed by atoms with van der Waals surface area (Å²) in [7, 11) is 3.35. The van der Waals surface area contributed by atoms with Crippen molar-refractivity contribution in [1.82, 2.24) is 0 Å². The zero-order valence-electron chi connectivity index (χ0n) is 12.6. The highest BCUT2D eigenvalue weighted by molar-refractivity contribution is 8.14. The summed E-state index contributed by atoms with van der Waals surface area (Å²) >= 11 is 1.83. The van der Waals surface area contributed by atoms with Gasteiger partial charge >= 0.3 is 0 Å². The molecule has 1 aliphatic heterocycles. The lowest BCUT2D eigenvalue weighted by molar-refractivity contribution is 0.359. The van der Waals surface area contributed by atoms with Gasteiger partial charge in [0.25, 0.3) is 0 Å². The number of hydrogen-bond donors (Lipinski definition) is 1. The van der Waals surface area contributed by atoms with Crippen LogP contribution < -0.4 is 14.8 Å². The third kappa shape index (κ3) is 3.12. The molecule has 2 aliphatic rings. The zero-order valence-corrected chi connectivity index (χ0v) is 13.5. The van der Waals surface area contributed by atoms with E-state index in [1.54, 1.807) is 14.2 Å². The number of amidine groups is 1. The fourth-order valence-electron chi connectivity index (χ4n) is 3.08. The SMILES string of the molecule is COc1ccc(OC)c(NC2=NCC3(CCCC3)CS2)c1. The molecule has 114 valence electrons. The summed E-state index contributed by atoms with van der Waals surface area (Å²) in [4.78, 5) is 4.76. The Morgan fingerprint density at radius 1 is 1.19 bits per heavy atom. The monoisotopic (exact) mass is 306 g/mol. The van der Waals surface area contributed by atoms with Crippen LogP contribution in [0.4, 0.5) is 5.69 Å². The van der Waals surface area contributed by atoms with Gasteiger partial charge in [-0.2, -0.15) is 0 Å². The van der Waals surface area contributed by atoms with Gasteiger partial charge in [0.1, 0.15) is 11.5 Å². The first-order chi connectivity index (χ1) is 10.2. The molecule has 1 aromatic rings. The number of hydrogen-bond acceptors (Lipinski definition) is 5. The predicted octanol–water partition coefficient (Wildman–Crippen LogP) is 3.78. The minimum absolute atomic E-state index is 0.467. The molecule has 21 heavy (non-hydrogen) atoms. The van der Waals surface area contributed by atoms with Crippen molar-refractivity contribution in [2.75, 3.05) is 31.8 Å². The van der Waals surface area contributed by atoms with Gasteiger partial charge in [-0.25, -0.2) is 0 Å². The second-order valence-corrected chi connectivity index (χ2v) is 6.77. The molecule has 0 atom stereocenters. The Morgan fingerprint density at radius 2 is 2.00 bits per heavy atom. The van der Waals surface area contributed by atoms with E-state index in [1.807, 2.05) is 30.0 Å². The van der Waals surface area contributed by atoms with E-state index in [-0.39, 0.29) is 0 Å². The summed E-state index contributed by atoms with van der Waals surface area (Å²) in [5, 5.41) is 4.37. The van der Waals surface area contributed by atoms with E-state index < -0.39 is 0 Å². The van der Waals surface area contributed by atoms with Gasteiger partial charge in [0, 0.05) is 18.4 Å². The van der Waals surface area contributed by atoms with Crippen molar-refractivity contribution in [2.45, 2.75) is 25.7 Å². The summed E-state index contributed by atoms with van der Waals surface area (Å²) in [5.41, 5.74) is 1.37. The normalized spacial score (nSPS) is 20.2. The Morgan fingerprint density at radius 3 is 2.62 bits per heavy atom. The molecule has 0 saturated heterocycles. The molecule has 1 heterocycles. The molecule has 1 saturated carbocycles. The van der Waals surface area contributed by atoms with Crippen LogP contribution in [-0.4, -0.2) is 31.7 Å². The molecular formula is C16H22N2O2S. The van der Waals surface area contributed by atoms with Crippen LogP contribution in [0, 0.1) is 5.41 Å². The van der Waals surface area contributed by atoms with E-state index >= 15 is 0 Å². The van der Waals surface area contributed by atoms with Gasteiger partial charge in [0.05, 0.1) is 19.9 Å². The highest BCUT2D eigenvalue weighted by Gasteiger charge is 2.36. The highest BCUT2D eigenvalue weighted by Crippen LogP contribution is 2.43. The average molecular weight is 306 g/mol. The van der Waals surface area contributed by atoms with Crippen LogP contribution >= 0.6 is 11.8 Å². The van der Waals surface area contributed by atoms with Gasteiger partial charge in [-0.1, -0.05) is 24.6 Å².